The van der Waals surface area contributed by atoms with Gasteiger partial charge >= 0.3 is 5.97 Å². The molecule has 0 saturated carbocycles. The summed E-state index contributed by atoms with van der Waals surface area (Å²) in [4.78, 5) is 78.3. The summed E-state index contributed by atoms with van der Waals surface area (Å²) >= 11 is 0. The maximum absolute atomic E-state index is 16.3. The van der Waals surface area contributed by atoms with Gasteiger partial charge in [0.25, 0.3) is 5.91 Å². The zero-order chi connectivity index (χ0) is 62.6. The third kappa shape index (κ3) is 11.0. The number of carbonyl (C=O) groups excluding carboxylic acids is 1. The number of pyridine rings is 2. The molecule has 6 aliphatic heterocycles. The molecular formula is C70H68F2N12O7. The first-order valence-electron chi connectivity index (χ1n) is 31.2. The summed E-state index contributed by atoms with van der Waals surface area (Å²) in [5.41, 5.74) is 8.00. The van der Waals surface area contributed by atoms with E-state index in [1.807, 2.05) is 87.2 Å². The number of likely N-dealkylation sites (tertiary alicyclic amines) is 2. The number of rotatable bonds is 11. The highest BCUT2D eigenvalue weighted by atomic mass is 19.1. The lowest BCUT2D eigenvalue weighted by molar-refractivity contribution is 0.0694. The minimum atomic E-state index is -1.37. The van der Waals surface area contributed by atoms with E-state index >= 15 is 8.78 Å². The number of carboxylic acids is 1. The average molecular weight is 1230 g/mol. The van der Waals surface area contributed by atoms with Gasteiger partial charge in [0, 0.05) is 113 Å². The molecule has 4 fully saturated rings. The van der Waals surface area contributed by atoms with Crippen LogP contribution in [0.4, 0.5) is 20.2 Å². The number of anilines is 2. The van der Waals surface area contributed by atoms with Gasteiger partial charge in [-0.3, -0.25) is 39.2 Å². The predicted octanol–water partition coefficient (Wildman–Crippen LogP) is 10.7. The number of benzene rings is 6. The predicted molar refractivity (Wildman–Crippen MR) is 346 cm³/mol. The Morgan fingerprint density at radius 1 is 0.659 bits per heavy atom. The Morgan fingerprint density at radius 2 is 1.16 bits per heavy atom. The smallest absolute Gasteiger partial charge is 0.341 e. The lowest BCUT2D eigenvalue weighted by Gasteiger charge is -2.29. The fourth-order valence-corrected chi connectivity index (χ4v) is 14.2. The molecule has 0 bridgehead atoms. The van der Waals surface area contributed by atoms with Gasteiger partial charge in [0.15, 0.2) is 34.6 Å². The van der Waals surface area contributed by atoms with E-state index in [9.17, 15) is 24.3 Å². The Kier molecular flexibility index (Phi) is 15.9. The van der Waals surface area contributed by atoms with Gasteiger partial charge in [0.1, 0.15) is 33.5 Å². The lowest BCUT2D eigenvalue weighted by atomic mass is 10.0. The van der Waals surface area contributed by atoms with Crippen molar-refractivity contribution in [2.75, 3.05) is 75.8 Å². The van der Waals surface area contributed by atoms with Crippen molar-refractivity contribution in [3.63, 3.8) is 0 Å². The first-order chi connectivity index (χ1) is 44.3. The van der Waals surface area contributed by atoms with Crippen LogP contribution in [0.25, 0.3) is 54.7 Å². The van der Waals surface area contributed by atoms with E-state index in [0.29, 0.717) is 84.9 Å². The molecule has 10 aromatic rings. The Bertz CT molecular complexity index is 4630. The maximum Gasteiger partial charge on any atom is 0.341 e. The SMILES string of the molecule is CC1CCCN1CCNC(=O)c1cn2c3c(c(N4CCC(c5cnccn5)C4)c(F)cc3c1=O)Oc1cc3ccccc3cc1-2.CN1CCCC1CCN.O=C(O)c1cn2c3c(c(N4CCC(c5cnccn5)C4)c(F)cc3c1=O)Oc1cc3ccccc3cc1-2. The van der Waals surface area contributed by atoms with Gasteiger partial charge in [-0.25, -0.2) is 13.6 Å². The van der Waals surface area contributed by atoms with Crippen molar-refractivity contribution in [3.8, 4) is 34.4 Å². The molecule has 464 valence electrons. The molecule has 4 unspecified atom stereocenters. The van der Waals surface area contributed by atoms with Crippen LogP contribution in [0.5, 0.6) is 23.0 Å². The average Bonchev–Trinajstić information content (AvgIpc) is 1.27. The maximum atomic E-state index is 16.3. The van der Waals surface area contributed by atoms with Crippen LogP contribution in [0.1, 0.15) is 95.8 Å². The molecular weight excluding hydrogens is 1160 g/mol. The fraction of sp³-hybridized carbons (Fsp3) is 0.314. The summed E-state index contributed by atoms with van der Waals surface area (Å²) < 4.78 is 48.4. The number of nitrogens with two attached hydrogens (primary N) is 1. The second-order valence-electron chi connectivity index (χ2n) is 24.5. The molecule has 6 aromatic carbocycles. The number of ether oxygens (including phenoxy) is 2. The number of hydrogen-bond acceptors (Lipinski definition) is 15. The van der Waals surface area contributed by atoms with Gasteiger partial charge in [0.05, 0.1) is 33.5 Å². The number of nitrogens with zero attached hydrogens (tertiary/aromatic N) is 10. The zero-order valence-corrected chi connectivity index (χ0v) is 50.5. The molecule has 0 radical (unpaired) electrons. The van der Waals surface area contributed by atoms with Gasteiger partial charge in [-0.1, -0.05) is 48.5 Å². The Morgan fingerprint density at radius 3 is 1.63 bits per heavy atom. The van der Waals surface area contributed by atoms with Crippen LogP contribution in [0.3, 0.4) is 0 Å². The van der Waals surface area contributed by atoms with Crippen molar-refractivity contribution in [2.24, 2.45) is 5.73 Å². The summed E-state index contributed by atoms with van der Waals surface area (Å²) in [5, 5.41) is 16.5. The number of amides is 1. The normalized spacial score (nSPS) is 19.0. The van der Waals surface area contributed by atoms with Gasteiger partial charge < -0.3 is 49.5 Å². The highest BCUT2D eigenvalue weighted by Crippen LogP contribution is 2.51. The molecule has 6 aliphatic rings. The molecule has 4 aromatic heterocycles. The number of fused-ring (bicyclic) bond motifs is 6. The van der Waals surface area contributed by atoms with Crippen molar-refractivity contribution in [1.29, 1.82) is 0 Å². The van der Waals surface area contributed by atoms with Crippen LogP contribution in [0.15, 0.2) is 144 Å². The standard InChI is InChI=1S/C35H33FN6O3.C28H19FN4O4.C7H16N2/c1-21-5-4-12-40(21)14-11-39-35(44)26-20-42-29-15-22-6-2-3-7-23(22)16-30(29)45-34-31(42)25(33(26)43)17-27(36)32(34)41-13-8-24(19-41)28-18-37-9-10-38-28;29-20-11-18-24-27(25(20)32-8-5-17(13-32)21-12-30-6-7-31-21)37-23-10-16-4-2-1-3-15(16)9-22(23)33(24)14-19(26(18)34)28(35)36;1-9-6-2-3-7(9)4-5-8/h2-3,6-7,9-10,15-18,20-21,24H,4-5,8,11-14,19H2,1H3,(H,39,44);1-4,6-7,9-12,14,17H,5,8,13H2,(H,35,36);7H,2-6,8H2,1H3. The van der Waals surface area contributed by atoms with Gasteiger partial charge in [-0.2, -0.15) is 0 Å². The van der Waals surface area contributed by atoms with E-state index in [1.165, 1.54) is 38.1 Å². The van der Waals surface area contributed by atoms with Crippen LogP contribution >= 0.6 is 0 Å². The number of nitrogens with one attached hydrogen (secondary N) is 1. The highest BCUT2D eigenvalue weighted by Gasteiger charge is 2.37. The van der Waals surface area contributed by atoms with Crippen LogP contribution in [-0.2, 0) is 0 Å². The first-order valence-corrected chi connectivity index (χ1v) is 31.2. The fourth-order valence-electron chi connectivity index (χ4n) is 14.2. The van der Waals surface area contributed by atoms with Crippen molar-refractivity contribution in [3.05, 3.63) is 189 Å². The van der Waals surface area contributed by atoms with Crippen LogP contribution in [-0.4, -0.2) is 134 Å². The zero-order valence-electron chi connectivity index (χ0n) is 50.5. The minimum absolute atomic E-state index is 0.0278. The van der Waals surface area contributed by atoms with E-state index in [2.05, 4.69) is 49.0 Å². The topological polar surface area (TPSA) is 219 Å². The molecule has 19 nitrogen and oxygen atoms in total. The minimum Gasteiger partial charge on any atom is -0.477 e. The van der Waals surface area contributed by atoms with E-state index in [0.717, 1.165) is 83.8 Å². The Hall–Kier alpha value is -9.70. The second-order valence-corrected chi connectivity index (χ2v) is 24.5. The summed E-state index contributed by atoms with van der Waals surface area (Å²) in [7, 11) is 2.19. The van der Waals surface area contributed by atoms with Gasteiger partial charge in [-0.15, -0.1) is 0 Å². The lowest BCUT2D eigenvalue weighted by Crippen LogP contribution is -2.38. The van der Waals surface area contributed by atoms with Crippen molar-refractivity contribution >= 4 is 66.6 Å². The van der Waals surface area contributed by atoms with E-state index in [1.54, 1.807) is 47.9 Å². The van der Waals surface area contributed by atoms with Gasteiger partial charge in [0.2, 0.25) is 10.9 Å². The summed E-state index contributed by atoms with van der Waals surface area (Å²) in [5.74, 6) is -1.45. The molecule has 0 aliphatic carbocycles. The second kappa shape index (κ2) is 24.6. The summed E-state index contributed by atoms with van der Waals surface area (Å²) in [6.45, 7) is 8.62. The van der Waals surface area contributed by atoms with Crippen LogP contribution in [0.2, 0.25) is 0 Å². The van der Waals surface area contributed by atoms with Gasteiger partial charge in [-0.05, 0) is 136 Å². The van der Waals surface area contributed by atoms with Crippen molar-refractivity contribution < 1.29 is 33.0 Å². The number of aromatic nitrogens is 6. The molecule has 0 spiro atoms. The molecule has 21 heteroatoms. The number of aromatic carboxylic acids is 1. The van der Waals surface area contributed by atoms with E-state index < -0.39 is 39.9 Å². The monoisotopic (exact) mass is 1230 g/mol. The van der Waals surface area contributed by atoms with E-state index in [-0.39, 0.29) is 45.4 Å². The molecule has 4 atom stereocenters. The third-order valence-corrected chi connectivity index (χ3v) is 19.0. The number of carbonyl (C=O) groups is 2. The molecule has 4 N–H and O–H groups in total. The largest absolute Gasteiger partial charge is 0.477 e. The summed E-state index contributed by atoms with van der Waals surface area (Å²) in [6, 6.07) is 26.9. The number of carboxylic acid groups (broad SMARTS) is 1. The Labute approximate surface area is 522 Å². The third-order valence-electron chi connectivity index (χ3n) is 19.0. The quantitative estimate of drug-likeness (QED) is 0.110. The molecule has 4 saturated heterocycles. The van der Waals surface area contributed by atoms with Crippen molar-refractivity contribution in [1.82, 2.24) is 44.2 Å². The van der Waals surface area contributed by atoms with Crippen molar-refractivity contribution in [2.45, 2.75) is 75.8 Å². The highest BCUT2D eigenvalue weighted by molar-refractivity contribution is 6.03. The Balaban J connectivity index is 0.000000141. The van der Waals surface area contributed by atoms with Crippen LogP contribution < -0.4 is 41.2 Å². The molecule has 1 amide bonds. The molecule has 16 rings (SSSR count). The number of hydrogen-bond donors (Lipinski definition) is 3. The number of halogens is 2. The molecule has 10 heterocycles. The van der Waals surface area contributed by atoms with Crippen LogP contribution in [0, 0.1) is 11.6 Å². The summed E-state index contributed by atoms with van der Waals surface area (Å²) in [6.07, 6.45) is 20.6. The molecule has 91 heavy (non-hydrogen) atoms. The van der Waals surface area contributed by atoms with E-state index in [4.69, 9.17) is 15.2 Å². The first kappa shape index (κ1) is 59.0.